The Kier molecular flexibility index (Phi) is 3.34. The number of pyridine rings is 1. The van der Waals surface area contributed by atoms with Gasteiger partial charge in [-0.25, -0.2) is 15.0 Å². The lowest BCUT2D eigenvalue weighted by molar-refractivity contribution is 0.294. The Balaban J connectivity index is 2.00. The van der Waals surface area contributed by atoms with Crippen LogP contribution in [0.25, 0.3) is 0 Å². The van der Waals surface area contributed by atoms with E-state index in [0.717, 1.165) is 11.4 Å². The van der Waals surface area contributed by atoms with Crippen molar-refractivity contribution in [3.8, 4) is 5.88 Å². The average Bonchev–Trinajstić information content (AvgIpc) is 2.38. The molecule has 0 aliphatic carbocycles. The van der Waals surface area contributed by atoms with Crippen molar-refractivity contribution in [1.29, 1.82) is 0 Å². The number of rotatable bonds is 4. The minimum atomic E-state index is 0.285. The molecular formula is C11H13N5O. The maximum Gasteiger partial charge on any atom is 0.257 e. The maximum atomic E-state index is 5.61. The largest absolute Gasteiger partial charge is 0.470 e. The molecule has 0 spiro atoms. The summed E-state index contributed by atoms with van der Waals surface area (Å²) in [4.78, 5) is 12.0. The van der Waals surface area contributed by atoms with E-state index in [0.29, 0.717) is 12.5 Å². The van der Waals surface area contributed by atoms with Crippen molar-refractivity contribution in [2.45, 2.75) is 6.61 Å². The van der Waals surface area contributed by atoms with Crippen LogP contribution in [0.2, 0.25) is 0 Å². The molecule has 17 heavy (non-hydrogen) atoms. The van der Waals surface area contributed by atoms with Gasteiger partial charge in [-0.15, -0.1) is 0 Å². The molecule has 0 aliphatic rings. The summed E-state index contributed by atoms with van der Waals surface area (Å²) in [5.74, 6) is 1.44. The first-order valence-electron chi connectivity index (χ1n) is 5.11. The fraction of sp³-hybridized carbons (Fsp3) is 0.182. The van der Waals surface area contributed by atoms with Gasteiger partial charge in [0.25, 0.3) is 5.88 Å². The van der Waals surface area contributed by atoms with Crippen LogP contribution in [0.3, 0.4) is 0 Å². The molecule has 0 aliphatic heterocycles. The van der Waals surface area contributed by atoms with Gasteiger partial charge in [-0.2, -0.15) is 0 Å². The van der Waals surface area contributed by atoms with Crippen LogP contribution in [-0.4, -0.2) is 22.0 Å². The van der Waals surface area contributed by atoms with Gasteiger partial charge in [0, 0.05) is 31.2 Å². The molecule has 0 aromatic carbocycles. The minimum Gasteiger partial charge on any atom is -0.470 e. The van der Waals surface area contributed by atoms with E-state index in [1.54, 1.807) is 6.20 Å². The van der Waals surface area contributed by atoms with Crippen LogP contribution < -0.4 is 15.8 Å². The second-order valence-electron chi connectivity index (χ2n) is 3.34. The topological polar surface area (TPSA) is 86.0 Å². The first-order chi connectivity index (χ1) is 8.29. The highest BCUT2D eigenvalue weighted by atomic mass is 16.5. The molecule has 0 atom stereocenters. The number of nitrogen functional groups attached to an aromatic ring is 1. The molecule has 2 heterocycles. The number of hydrogen-bond acceptors (Lipinski definition) is 6. The monoisotopic (exact) mass is 231 g/mol. The van der Waals surface area contributed by atoms with Gasteiger partial charge < -0.3 is 15.8 Å². The number of nitrogens with two attached hydrogens (primary N) is 1. The molecule has 0 saturated carbocycles. The van der Waals surface area contributed by atoms with E-state index in [2.05, 4.69) is 20.3 Å². The van der Waals surface area contributed by atoms with Gasteiger partial charge in [0.2, 0.25) is 0 Å². The Morgan fingerprint density at radius 3 is 2.71 bits per heavy atom. The summed E-state index contributed by atoms with van der Waals surface area (Å²) in [5, 5.41) is 2.94. The van der Waals surface area contributed by atoms with E-state index < -0.39 is 0 Å². The number of ether oxygens (including phenoxy) is 1. The van der Waals surface area contributed by atoms with Crippen LogP contribution in [-0.2, 0) is 6.61 Å². The molecule has 0 radical (unpaired) electrons. The van der Waals surface area contributed by atoms with Crippen molar-refractivity contribution in [1.82, 2.24) is 15.0 Å². The highest BCUT2D eigenvalue weighted by molar-refractivity contribution is 5.39. The summed E-state index contributed by atoms with van der Waals surface area (Å²) >= 11 is 0. The molecule has 6 heteroatoms. The fourth-order valence-electron chi connectivity index (χ4n) is 1.26. The highest BCUT2D eigenvalue weighted by Crippen LogP contribution is 2.15. The Hall–Kier alpha value is -2.37. The summed E-state index contributed by atoms with van der Waals surface area (Å²) in [6, 6.07) is 3.80. The molecule has 2 aromatic rings. The predicted octanol–water partition coefficient (Wildman–Crippen LogP) is 1.07. The maximum absolute atomic E-state index is 5.61. The van der Waals surface area contributed by atoms with Gasteiger partial charge in [0.15, 0.2) is 5.82 Å². The van der Waals surface area contributed by atoms with Crippen LogP contribution in [0.4, 0.5) is 11.6 Å². The van der Waals surface area contributed by atoms with E-state index in [-0.39, 0.29) is 5.82 Å². The molecule has 0 unspecified atom stereocenters. The van der Waals surface area contributed by atoms with Gasteiger partial charge in [0.05, 0.1) is 0 Å². The second-order valence-corrected chi connectivity index (χ2v) is 3.34. The van der Waals surface area contributed by atoms with E-state index in [9.17, 15) is 0 Å². The second kappa shape index (κ2) is 5.11. The lowest BCUT2D eigenvalue weighted by Gasteiger charge is -2.06. The van der Waals surface area contributed by atoms with E-state index in [1.165, 1.54) is 12.4 Å². The predicted molar refractivity (Wildman–Crippen MR) is 64.6 cm³/mol. The smallest absolute Gasteiger partial charge is 0.257 e. The zero-order valence-corrected chi connectivity index (χ0v) is 9.42. The van der Waals surface area contributed by atoms with Crippen LogP contribution in [0.5, 0.6) is 5.88 Å². The lowest BCUT2D eigenvalue weighted by atomic mass is 10.3. The minimum absolute atomic E-state index is 0.285. The summed E-state index contributed by atoms with van der Waals surface area (Å²) in [7, 11) is 1.82. The number of aromatic nitrogens is 3. The van der Waals surface area contributed by atoms with Gasteiger partial charge in [0.1, 0.15) is 12.4 Å². The molecule has 0 bridgehead atoms. The van der Waals surface area contributed by atoms with Crippen LogP contribution in [0.1, 0.15) is 5.56 Å². The lowest BCUT2D eigenvalue weighted by Crippen LogP contribution is -2.02. The first kappa shape index (κ1) is 11.1. The summed E-state index contributed by atoms with van der Waals surface area (Å²) < 4.78 is 5.44. The number of nitrogens with zero attached hydrogens (tertiary/aromatic N) is 3. The molecule has 6 nitrogen and oxygen atoms in total. The molecule has 2 rings (SSSR count). The van der Waals surface area contributed by atoms with E-state index >= 15 is 0 Å². The van der Waals surface area contributed by atoms with Crippen molar-refractivity contribution in [3.63, 3.8) is 0 Å². The summed E-state index contributed by atoms with van der Waals surface area (Å²) in [6.45, 7) is 0.361. The quantitative estimate of drug-likeness (QED) is 0.818. The van der Waals surface area contributed by atoms with Crippen LogP contribution in [0, 0.1) is 0 Å². The Bertz CT molecular complexity index is 485. The van der Waals surface area contributed by atoms with Crippen molar-refractivity contribution >= 4 is 11.6 Å². The zero-order valence-electron chi connectivity index (χ0n) is 9.42. The normalized spacial score (nSPS) is 9.94. The first-order valence-corrected chi connectivity index (χ1v) is 5.11. The third-order valence-corrected chi connectivity index (χ3v) is 2.15. The Morgan fingerprint density at radius 1 is 1.24 bits per heavy atom. The van der Waals surface area contributed by atoms with E-state index in [4.69, 9.17) is 10.5 Å². The van der Waals surface area contributed by atoms with Gasteiger partial charge in [-0.3, -0.25) is 0 Å². The van der Waals surface area contributed by atoms with Crippen LogP contribution in [0.15, 0.2) is 30.7 Å². The van der Waals surface area contributed by atoms with Crippen molar-refractivity contribution in [3.05, 3.63) is 36.3 Å². The Labute approximate surface area is 98.9 Å². The van der Waals surface area contributed by atoms with Crippen molar-refractivity contribution in [2.75, 3.05) is 18.1 Å². The number of nitrogens with one attached hydrogen (secondary N) is 1. The van der Waals surface area contributed by atoms with Crippen molar-refractivity contribution in [2.24, 2.45) is 0 Å². The van der Waals surface area contributed by atoms with Gasteiger partial charge in [-0.05, 0) is 6.07 Å². The van der Waals surface area contributed by atoms with Crippen molar-refractivity contribution < 1.29 is 4.74 Å². The molecular weight excluding hydrogens is 218 g/mol. The van der Waals surface area contributed by atoms with Crippen LogP contribution >= 0.6 is 0 Å². The molecule has 0 saturated heterocycles. The number of hydrogen-bond donors (Lipinski definition) is 2. The number of anilines is 2. The highest BCUT2D eigenvalue weighted by Gasteiger charge is 2.02. The molecule has 88 valence electrons. The Morgan fingerprint density at radius 2 is 2.06 bits per heavy atom. The van der Waals surface area contributed by atoms with E-state index in [1.807, 2.05) is 19.2 Å². The molecule has 2 aromatic heterocycles. The third-order valence-electron chi connectivity index (χ3n) is 2.15. The van der Waals surface area contributed by atoms with Gasteiger partial charge >= 0.3 is 0 Å². The third kappa shape index (κ3) is 2.81. The summed E-state index contributed by atoms with van der Waals surface area (Å²) in [5.41, 5.74) is 6.55. The standard InChI is InChI=1S/C11H13N5O/c1-13-9-3-2-8(6-16-9)7-17-11-10(12)14-4-5-15-11/h2-6H,7H2,1H3,(H2,12,14)(H,13,16). The molecule has 0 amide bonds. The summed E-state index contributed by atoms with van der Waals surface area (Å²) in [6.07, 6.45) is 4.79. The molecule has 0 fully saturated rings. The fourth-order valence-corrected chi connectivity index (χ4v) is 1.26. The SMILES string of the molecule is CNc1ccc(COc2nccnc2N)cn1. The van der Waals surface area contributed by atoms with Gasteiger partial charge in [-0.1, -0.05) is 6.07 Å². The molecule has 3 N–H and O–H groups in total. The average molecular weight is 231 g/mol. The zero-order chi connectivity index (χ0) is 12.1.